The molecule has 1 aromatic carbocycles. The molecule has 16 heavy (non-hydrogen) atoms. The van der Waals surface area contributed by atoms with Crippen LogP contribution in [0, 0.1) is 5.82 Å². The van der Waals surface area contributed by atoms with Crippen LogP contribution in [-0.2, 0) is 0 Å². The number of anilines is 1. The van der Waals surface area contributed by atoms with Gasteiger partial charge in [0.05, 0.1) is 17.3 Å². The molecule has 0 aliphatic heterocycles. The van der Waals surface area contributed by atoms with Crippen LogP contribution in [-0.4, -0.2) is 17.3 Å². The van der Waals surface area contributed by atoms with Gasteiger partial charge in [-0.1, -0.05) is 0 Å². The van der Waals surface area contributed by atoms with E-state index in [-0.39, 0.29) is 5.82 Å². The first kappa shape index (κ1) is 10.9. The number of hydrogen-bond acceptors (Lipinski definition) is 3. The summed E-state index contributed by atoms with van der Waals surface area (Å²) < 4.78 is 19.0. The lowest BCUT2D eigenvalue weighted by Crippen LogP contribution is -1.91. The maximum absolute atomic E-state index is 13.3. The molecular formula is C10H9BrFN3O. The van der Waals surface area contributed by atoms with Gasteiger partial charge in [0.15, 0.2) is 0 Å². The van der Waals surface area contributed by atoms with E-state index in [9.17, 15) is 4.39 Å². The highest BCUT2D eigenvalue weighted by molar-refractivity contribution is 9.10. The summed E-state index contributed by atoms with van der Waals surface area (Å²) in [6.07, 6.45) is 0. The van der Waals surface area contributed by atoms with Crippen molar-refractivity contribution in [2.24, 2.45) is 0 Å². The van der Waals surface area contributed by atoms with Crippen molar-refractivity contribution in [3.05, 3.63) is 28.5 Å². The standard InChI is InChI=1S/C10H9BrFN3O/c1-16-10-6(2-5(12)3-7(10)11)8-4-9(13)15-14-8/h2-4H,1H3,(H3,13,14,15). The number of aromatic amines is 1. The van der Waals surface area contributed by atoms with Crippen molar-refractivity contribution in [1.29, 1.82) is 0 Å². The second kappa shape index (κ2) is 4.13. The first-order valence-corrected chi connectivity index (χ1v) is 5.25. The minimum Gasteiger partial charge on any atom is -0.495 e. The Morgan fingerprint density at radius 3 is 2.75 bits per heavy atom. The molecule has 0 spiro atoms. The van der Waals surface area contributed by atoms with Crippen LogP contribution < -0.4 is 10.5 Å². The number of nitrogens with zero attached hydrogens (tertiary/aromatic N) is 1. The lowest BCUT2D eigenvalue weighted by Gasteiger charge is -2.08. The molecule has 0 fully saturated rings. The summed E-state index contributed by atoms with van der Waals surface area (Å²) in [5.74, 6) is 0.512. The summed E-state index contributed by atoms with van der Waals surface area (Å²) in [5.41, 5.74) is 6.67. The van der Waals surface area contributed by atoms with Gasteiger partial charge < -0.3 is 10.5 Å². The number of nitrogens with one attached hydrogen (secondary N) is 1. The van der Waals surface area contributed by atoms with Crippen molar-refractivity contribution in [1.82, 2.24) is 10.2 Å². The maximum Gasteiger partial charge on any atom is 0.145 e. The van der Waals surface area contributed by atoms with Crippen LogP contribution in [0.5, 0.6) is 5.75 Å². The van der Waals surface area contributed by atoms with Crippen molar-refractivity contribution in [2.75, 3.05) is 12.8 Å². The molecule has 4 nitrogen and oxygen atoms in total. The summed E-state index contributed by atoms with van der Waals surface area (Å²) in [6, 6.07) is 4.31. The molecule has 1 heterocycles. The number of nitrogens with two attached hydrogens (primary N) is 1. The van der Waals surface area contributed by atoms with Crippen LogP contribution in [0.4, 0.5) is 10.2 Å². The summed E-state index contributed by atoms with van der Waals surface area (Å²) in [6.45, 7) is 0. The predicted molar refractivity (Wildman–Crippen MR) is 62.6 cm³/mol. The smallest absolute Gasteiger partial charge is 0.145 e. The summed E-state index contributed by atoms with van der Waals surface area (Å²) in [7, 11) is 1.52. The Hall–Kier alpha value is -1.56. The minimum absolute atomic E-state index is 0.345. The Labute approximate surface area is 99.7 Å². The molecule has 0 aliphatic carbocycles. The van der Waals surface area contributed by atoms with Gasteiger partial charge in [0, 0.05) is 11.6 Å². The lowest BCUT2D eigenvalue weighted by atomic mass is 10.1. The summed E-state index contributed by atoms with van der Waals surface area (Å²) in [5, 5.41) is 6.50. The zero-order valence-electron chi connectivity index (χ0n) is 8.42. The second-order valence-electron chi connectivity index (χ2n) is 3.17. The van der Waals surface area contributed by atoms with Crippen molar-refractivity contribution in [3.8, 4) is 17.0 Å². The monoisotopic (exact) mass is 285 g/mol. The SMILES string of the molecule is COc1c(Br)cc(F)cc1-c1cc(N)n[nH]1. The van der Waals surface area contributed by atoms with Gasteiger partial charge in [0.2, 0.25) is 0 Å². The van der Waals surface area contributed by atoms with E-state index in [4.69, 9.17) is 10.5 Å². The van der Waals surface area contributed by atoms with Crippen LogP contribution >= 0.6 is 15.9 Å². The van der Waals surface area contributed by atoms with E-state index in [2.05, 4.69) is 26.1 Å². The molecule has 0 saturated carbocycles. The van der Waals surface area contributed by atoms with Gasteiger partial charge in [-0.2, -0.15) is 5.10 Å². The molecule has 3 N–H and O–H groups in total. The van der Waals surface area contributed by atoms with E-state index < -0.39 is 0 Å². The van der Waals surface area contributed by atoms with E-state index >= 15 is 0 Å². The van der Waals surface area contributed by atoms with Crippen molar-refractivity contribution >= 4 is 21.7 Å². The fraction of sp³-hybridized carbons (Fsp3) is 0.100. The van der Waals surface area contributed by atoms with Gasteiger partial charge in [-0.25, -0.2) is 4.39 Å². The Morgan fingerprint density at radius 1 is 1.44 bits per heavy atom. The molecule has 0 atom stereocenters. The number of aromatic nitrogens is 2. The molecule has 0 radical (unpaired) electrons. The predicted octanol–water partition coefficient (Wildman–Crippen LogP) is 2.57. The summed E-state index contributed by atoms with van der Waals surface area (Å²) in [4.78, 5) is 0. The van der Waals surface area contributed by atoms with Gasteiger partial charge in [-0.3, -0.25) is 5.10 Å². The molecule has 6 heteroatoms. The number of halogens is 2. The van der Waals surface area contributed by atoms with Gasteiger partial charge in [0.25, 0.3) is 0 Å². The van der Waals surface area contributed by atoms with Crippen LogP contribution in [0.25, 0.3) is 11.3 Å². The molecule has 84 valence electrons. The molecular weight excluding hydrogens is 277 g/mol. The Balaban J connectivity index is 2.63. The average Bonchev–Trinajstić information content (AvgIpc) is 2.63. The molecule has 0 saturated heterocycles. The minimum atomic E-state index is -0.365. The zero-order chi connectivity index (χ0) is 11.7. The summed E-state index contributed by atoms with van der Waals surface area (Å²) >= 11 is 3.23. The topological polar surface area (TPSA) is 63.9 Å². The van der Waals surface area contributed by atoms with Crippen molar-refractivity contribution in [3.63, 3.8) is 0 Å². The number of ether oxygens (including phenoxy) is 1. The third kappa shape index (κ3) is 1.88. The molecule has 0 amide bonds. The van der Waals surface area contributed by atoms with Gasteiger partial charge in [0.1, 0.15) is 17.4 Å². The third-order valence-corrected chi connectivity index (χ3v) is 2.69. The number of nitrogen functional groups attached to an aromatic ring is 1. The van der Waals surface area contributed by atoms with Crippen molar-refractivity contribution < 1.29 is 9.13 Å². The fourth-order valence-electron chi connectivity index (χ4n) is 1.44. The Morgan fingerprint density at radius 2 is 2.19 bits per heavy atom. The van der Waals surface area contributed by atoms with Crippen LogP contribution in [0.15, 0.2) is 22.7 Å². The van der Waals surface area contributed by atoms with Crippen LogP contribution in [0.3, 0.4) is 0 Å². The van der Waals surface area contributed by atoms with Crippen LogP contribution in [0.2, 0.25) is 0 Å². The van der Waals surface area contributed by atoms with Crippen LogP contribution in [0.1, 0.15) is 0 Å². The zero-order valence-corrected chi connectivity index (χ0v) is 10.0. The largest absolute Gasteiger partial charge is 0.495 e. The number of hydrogen-bond donors (Lipinski definition) is 2. The van der Waals surface area contributed by atoms with E-state index in [1.807, 2.05) is 0 Å². The highest BCUT2D eigenvalue weighted by Gasteiger charge is 2.13. The van der Waals surface area contributed by atoms with Gasteiger partial charge in [-0.15, -0.1) is 0 Å². The number of benzene rings is 1. The first-order chi connectivity index (χ1) is 7.61. The molecule has 1 aromatic heterocycles. The quantitative estimate of drug-likeness (QED) is 0.891. The Kier molecular flexibility index (Phi) is 2.82. The molecule has 0 aliphatic rings. The highest BCUT2D eigenvalue weighted by Crippen LogP contribution is 2.36. The van der Waals surface area contributed by atoms with Crippen molar-refractivity contribution in [2.45, 2.75) is 0 Å². The molecule has 0 unspecified atom stereocenters. The molecule has 0 bridgehead atoms. The number of methoxy groups -OCH3 is 1. The van der Waals surface area contributed by atoms with E-state index in [1.165, 1.54) is 19.2 Å². The van der Waals surface area contributed by atoms with Gasteiger partial charge in [-0.05, 0) is 28.1 Å². The van der Waals surface area contributed by atoms with E-state index in [1.54, 1.807) is 6.07 Å². The van der Waals surface area contributed by atoms with E-state index in [0.29, 0.717) is 27.3 Å². The maximum atomic E-state index is 13.3. The van der Waals surface area contributed by atoms with Gasteiger partial charge >= 0.3 is 0 Å². The number of H-pyrrole nitrogens is 1. The molecule has 2 rings (SSSR count). The van der Waals surface area contributed by atoms with E-state index in [0.717, 1.165) is 0 Å². The fourth-order valence-corrected chi connectivity index (χ4v) is 2.04. The molecule has 2 aromatic rings. The second-order valence-corrected chi connectivity index (χ2v) is 4.03. The first-order valence-electron chi connectivity index (χ1n) is 4.46. The Bertz CT molecular complexity index is 527. The normalized spacial score (nSPS) is 10.4. The lowest BCUT2D eigenvalue weighted by molar-refractivity contribution is 0.412. The third-order valence-electron chi connectivity index (χ3n) is 2.10. The number of rotatable bonds is 2. The highest BCUT2D eigenvalue weighted by atomic mass is 79.9. The average molecular weight is 286 g/mol.